The Hall–Kier alpha value is -3.21. The summed E-state index contributed by atoms with van der Waals surface area (Å²) in [6, 6.07) is 11.1. The lowest BCUT2D eigenvalue weighted by atomic mass is 10.0. The van der Waals surface area contributed by atoms with Gasteiger partial charge in [0, 0.05) is 48.8 Å². The van der Waals surface area contributed by atoms with Crippen LogP contribution < -0.4 is 14.8 Å². The average Bonchev–Trinajstić information content (AvgIpc) is 3.59. The molecule has 1 aliphatic heterocycles. The highest BCUT2D eigenvalue weighted by Gasteiger charge is 2.24. The first-order valence-electron chi connectivity index (χ1n) is 12.1. The number of thiophene rings is 1. The van der Waals surface area contributed by atoms with Crippen LogP contribution >= 0.6 is 22.9 Å². The highest BCUT2D eigenvalue weighted by Crippen LogP contribution is 2.36. The number of rotatable bonds is 7. The van der Waals surface area contributed by atoms with Gasteiger partial charge < -0.3 is 33.9 Å². The van der Waals surface area contributed by atoms with E-state index in [0.29, 0.717) is 39.0 Å². The summed E-state index contributed by atoms with van der Waals surface area (Å²) in [5.41, 5.74) is 1.29. The zero-order chi connectivity index (χ0) is 26.1. The fraction of sp³-hybridized carbons (Fsp3) is 0.385. The van der Waals surface area contributed by atoms with Crippen molar-refractivity contribution in [1.29, 1.82) is 0 Å². The van der Waals surface area contributed by atoms with Crippen molar-refractivity contribution in [2.75, 3.05) is 20.2 Å². The lowest BCUT2D eigenvalue weighted by molar-refractivity contribution is 0.151. The van der Waals surface area contributed by atoms with E-state index >= 15 is 0 Å². The minimum Gasteiger partial charge on any atom is -0.504 e. The molecule has 4 heterocycles. The molecule has 5 rings (SSSR count). The van der Waals surface area contributed by atoms with Crippen LogP contribution in [0.2, 0.25) is 4.34 Å². The molecule has 1 saturated heterocycles. The second-order valence-corrected chi connectivity index (χ2v) is 11.1. The largest absolute Gasteiger partial charge is 0.504 e. The van der Waals surface area contributed by atoms with Crippen molar-refractivity contribution in [2.45, 2.75) is 45.3 Å². The molecule has 37 heavy (non-hydrogen) atoms. The number of ether oxygens (including phenoxy) is 2. The van der Waals surface area contributed by atoms with Gasteiger partial charge in [-0.1, -0.05) is 16.8 Å². The maximum Gasteiger partial charge on any atom is 0.414 e. The molecule has 0 radical (unpaired) electrons. The quantitative estimate of drug-likeness (QED) is 0.306. The highest BCUT2D eigenvalue weighted by atomic mass is 35.5. The first-order valence-corrected chi connectivity index (χ1v) is 13.3. The Morgan fingerprint density at radius 2 is 2.05 bits per heavy atom. The van der Waals surface area contributed by atoms with Crippen LogP contribution in [0, 0.1) is 0 Å². The normalized spacial score (nSPS) is 14.9. The number of fused-ring (bicyclic) bond motifs is 1. The molecule has 1 aromatic carbocycles. The molecule has 11 heteroatoms. The molecule has 1 fully saturated rings. The van der Waals surface area contributed by atoms with Crippen molar-refractivity contribution in [3.63, 3.8) is 0 Å². The average molecular weight is 545 g/mol. The van der Waals surface area contributed by atoms with Crippen molar-refractivity contribution in [3.8, 4) is 28.0 Å². The lowest BCUT2D eigenvalue weighted by Gasteiger charge is -2.34. The number of phenolic OH excluding ortho intramolecular Hbond substituents is 1. The summed E-state index contributed by atoms with van der Waals surface area (Å²) in [7, 11) is 1.49. The van der Waals surface area contributed by atoms with Gasteiger partial charge in [0.1, 0.15) is 5.69 Å². The number of nitrogens with one attached hydrogen (secondary N) is 1. The van der Waals surface area contributed by atoms with Crippen LogP contribution in [-0.4, -0.2) is 58.1 Å². The van der Waals surface area contributed by atoms with Gasteiger partial charge in [-0.25, -0.2) is 4.79 Å². The molecular weight excluding hydrogens is 516 g/mol. The molecule has 9 nitrogen and oxygen atoms in total. The molecule has 0 aliphatic carbocycles. The number of carbonyl (C=O) groups excluding carboxylic acids is 1. The first-order chi connectivity index (χ1) is 17.8. The zero-order valence-electron chi connectivity index (χ0n) is 20.9. The number of aromatic hydroxyl groups is 1. The molecule has 196 valence electrons. The van der Waals surface area contributed by atoms with E-state index in [4.69, 9.17) is 25.6 Å². The number of phenols is 1. The summed E-state index contributed by atoms with van der Waals surface area (Å²) in [4.78, 5) is 16.1. The number of benzene rings is 1. The van der Waals surface area contributed by atoms with Gasteiger partial charge in [0.2, 0.25) is 5.88 Å². The van der Waals surface area contributed by atoms with Crippen LogP contribution in [0.5, 0.6) is 17.4 Å². The Labute approximate surface area is 223 Å². The summed E-state index contributed by atoms with van der Waals surface area (Å²) in [5, 5.41) is 18.4. The van der Waals surface area contributed by atoms with Crippen LogP contribution in [0.15, 0.2) is 40.9 Å². The van der Waals surface area contributed by atoms with E-state index in [0.717, 1.165) is 36.2 Å². The number of carbonyl (C=O) groups is 1. The summed E-state index contributed by atoms with van der Waals surface area (Å²) < 4.78 is 19.0. The Kier molecular flexibility index (Phi) is 7.32. The Bertz CT molecular complexity index is 1400. The van der Waals surface area contributed by atoms with Gasteiger partial charge in [-0.15, -0.1) is 11.3 Å². The van der Waals surface area contributed by atoms with Gasteiger partial charge in [-0.05, 0) is 44.9 Å². The number of nitrogens with zero attached hydrogens (tertiary/aromatic N) is 3. The number of amides is 1. The molecule has 1 amide bonds. The number of hydrogen-bond donors (Lipinski definition) is 2. The van der Waals surface area contributed by atoms with E-state index in [9.17, 15) is 9.90 Å². The van der Waals surface area contributed by atoms with Crippen LogP contribution in [-0.2, 0) is 6.54 Å². The van der Waals surface area contributed by atoms with Gasteiger partial charge in [-0.2, -0.15) is 0 Å². The molecule has 0 bridgehead atoms. The molecule has 3 aromatic heterocycles. The topological polar surface area (TPSA) is 102 Å². The van der Waals surface area contributed by atoms with E-state index in [1.54, 1.807) is 28.8 Å². The van der Waals surface area contributed by atoms with Crippen LogP contribution in [0.25, 0.3) is 21.5 Å². The number of hydrogen-bond acceptors (Lipinski definition) is 8. The van der Waals surface area contributed by atoms with Gasteiger partial charge in [0.05, 0.1) is 28.4 Å². The summed E-state index contributed by atoms with van der Waals surface area (Å²) in [6.07, 6.45) is 1.23. The van der Waals surface area contributed by atoms with Crippen LogP contribution in [0.3, 0.4) is 0 Å². The predicted molar refractivity (Wildman–Crippen MR) is 143 cm³/mol. The van der Waals surface area contributed by atoms with Crippen molar-refractivity contribution in [1.82, 2.24) is 19.9 Å². The maximum atomic E-state index is 12.9. The number of halogens is 1. The summed E-state index contributed by atoms with van der Waals surface area (Å²) in [5.74, 6) is 1.23. The third-order valence-corrected chi connectivity index (χ3v) is 7.88. The van der Waals surface area contributed by atoms with Gasteiger partial charge in [-0.3, -0.25) is 0 Å². The maximum absolute atomic E-state index is 12.9. The number of piperidine rings is 1. The number of methoxy groups -OCH3 is 1. The van der Waals surface area contributed by atoms with Gasteiger partial charge in [0.25, 0.3) is 0 Å². The van der Waals surface area contributed by atoms with Crippen molar-refractivity contribution in [2.24, 2.45) is 0 Å². The second kappa shape index (κ2) is 10.6. The third-order valence-electron chi connectivity index (χ3n) is 6.64. The lowest BCUT2D eigenvalue weighted by Crippen LogP contribution is -2.47. The highest BCUT2D eigenvalue weighted by molar-refractivity contribution is 7.19. The van der Waals surface area contributed by atoms with Crippen molar-refractivity contribution < 1.29 is 23.9 Å². The van der Waals surface area contributed by atoms with Crippen molar-refractivity contribution >= 4 is 39.9 Å². The molecule has 0 unspecified atom stereocenters. The monoisotopic (exact) mass is 544 g/mol. The Morgan fingerprint density at radius 3 is 2.73 bits per heavy atom. The van der Waals surface area contributed by atoms with E-state index in [1.807, 2.05) is 12.1 Å². The Balaban J connectivity index is 1.38. The minimum absolute atomic E-state index is 0.0173. The standard InChI is InChI=1S/C26H29ClN4O5S/c1-15(2)30-8-6-17(7-9-30)28-26(33)35-25-11-16-10-21(34-3)20(32)13-19(16)31(25)14-18-12-22(36-29-18)23-4-5-24(27)37-23/h4-5,10-13,15,17,32H,6-9,14H2,1-3H3,(H,28,33). The van der Waals surface area contributed by atoms with Crippen LogP contribution in [0.4, 0.5) is 4.79 Å². The molecule has 0 atom stereocenters. The first kappa shape index (κ1) is 25.4. The summed E-state index contributed by atoms with van der Waals surface area (Å²) >= 11 is 7.46. The second-order valence-electron chi connectivity index (χ2n) is 9.38. The zero-order valence-corrected chi connectivity index (χ0v) is 22.4. The molecule has 2 N–H and O–H groups in total. The summed E-state index contributed by atoms with van der Waals surface area (Å²) in [6.45, 7) is 6.49. The Morgan fingerprint density at radius 1 is 1.27 bits per heavy atom. The van der Waals surface area contributed by atoms with Crippen molar-refractivity contribution in [3.05, 3.63) is 46.4 Å². The van der Waals surface area contributed by atoms with Crippen LogP contribution in [0.1, 0.15) is 32.4 Å². The van der Waals surface area contributed by atoms with Gasteiger partial charge >= 0.3 is 6.09 Å². The smallest absolute Gasteiger partial charge is 0.414 e. The van der Waals surface area contributed by atoms with E-state index < -0.39 is 6.09 Å². The molecular formula is C26H29ClN4O5S. The van der Waals surface area contributed by atoms with E-state index in [2.05, 4.69) is 29.2 Å². The minimum atomic E-state index is -0.516. The molecule has 0 spiro atoms. The SMILES string of the molecule is COc1cc2cc(OC(=O)NC3CCN(C(C)C)CC3)n(Cc3cc(-c4ccc(Cl)s4)on3)c2cc1O. The number of likely N-dealkylation sites (tertiary alicyclic amines) is 1. The fourth-order valence-corrected chi connectivity index (χ4v) is 5.62. The molecule has 1 aliphatic rings. The van der Waals surface area contributed by atoms with Gasteiger partial charge in [0.15, 0.2) is 17.3 Å². The molecule has 0 saturated carbocycles. The van der Waals surface area contributed by atoms with E-state index in [1.165, 1.54) is 18.4 Å². The number of aromatic nitrogens is 2. The third kappa shape index (κ3) is 5.56. The van der Waals surface area contributed by atoms with E-state index in [-0.39, 0.29) is 18.3 Å². The predicted octanol–water partition coefficient (Wildman–Crippen LogP) is 5.73. The fourth-order valence-electron chi connectivity index (χ4n) is 4.63. The molecule has 4 aromatic rings.